The number of likely N-dealkylation sites (tertiary alicyclic amines) is 1. The third-order valence-corrected chi connectivity index (χ3v) is 7.78. The van der Waals surface area contributed by atoms with E-state index in [1.54, 1.807) is 14.2 Å². The fourth-order valence-corrected chi connectivity index (χ4v) is 5.63. The lowest BCUT2D eigenvalue weighted by Crippen LogP contribution is -2.52. The van der Waals surface area contributed by atoms with Gasteiger partial charge < -0.3 is 30.5 Å². The Kier molecular flexibility index (Phi) is 10.5. The molecule has 1 heterocycles. The molecule has 0 spiro atoms. The smallest absolute Gasteiger partial charge is 0.317 e. The molecule has 0 unspecified atom stereocenters. The van der Waals surface area contributed by atoms with Gasteiger partial charge in [0.05, 0.1) is 11.7 Å². The average molecular weight is 496 g/mol. The number of unbranched alkanes of at least 4 members (excludes halogenated alkanes) is 1. The van der Waals surface area contributed by atoms with Crippen molar-refractivity contribution in [1.82, 2.24) is 10.2 Å². The third-order valence-electron chi connectivity index (χ3n) is 7.54. The first-order valence-corrected chi connectivity index (χ1v) is 13.0. The second kappa shape index (κ2) is 13.1. The third kappa shape index (κ3) is 7.31. The summed E-state index contributed by atoms with van der Waals surface area (Å²) in [6.07, 6.45) is 7.40. The van der Waals surface area contributed by atoms with Crippen LogP contribution in [0.15, 0.2) is 24.3 Å². The minimum absolute atomic E-state index is 0.0588. The van der Waals surface area contributed by atoms with Crippen molar-refractivity contribution in [2.24, 2.45) is 17.6 Å². The van der Waals surface area contributed by atoms with Gasteiger partial charge in [0.25, 0.3) is 0 Å². The molecule has 1 aromatic rings. The molecule has 192 valence electrons. The SMILES string of the molecule is COCCCC[C@@](O)(c1cccc(Cl)c1)[C@@H]1CCCN(C(=O)NC[C@@H](N)CC2CC(OC)C2)C1. The van der Waals surface area contributed by atoms with Gasteiger partial charge in [0.2, 0.25) is 0 Å². The molecule has 1 saturated heterocycles. The number of urea groups is 1. The van der Waals surface area contributed by atoms with Crippen molar-refractivity contribution < 1.29 is 19.4 Å². The van der Waals surface area contributed by atoms with Gasteiger partial charge in [-0.3, -0.25) is 0 Å². The minimum Gasteiger partial charge on any atom is -0.385 e. The van der Waals surface area contributed by atoms with Crippen LogP contribution in [0.5, 0.6) is 0 Å². The summed E-state index contributed by atoms with van der Waals surface area (Å²) in [4.78, 5) is 14.8. The number of halogens is 1. The Labute approximate surface area is 209 Å². The summed E-state index contributed by atoms with van der Waals surface area (Å²) in [7, 11) is 3.44. The number of nitrogens with two attached hydrogens (primary N) is 1. The van der Waals surface area contributed by atoms with Gasteiger partial charge >= 0.3 is 6.03 Å². The number of hydrogen-bond donors (Lipinski definition) is 3. The van der Waals surface area contributed by atoms with Gasteiger partial charge in [0.1, 0.15) is 0 Å². The van der Waals surface area contributed by atoms with E-state index < -0.39 is 5.60 Å². The molecule has 1 saturated carbocycles. The molecule has 2 aliphatic rings. The van der Waals surface area contributed by atoms with Crippen LogP contribution in [0.3, 0.4) is 0 Å². The average Bonchev–Trinajstić information content (AvgIpc) is 2.82. The number of nitrogens with one attached hydrogen (secondary N) is 1. The van der Waals surface area contributed by atoms with E-state index in [9.17, 15) is 9.90 Å². The Balaban J connectivity index is 1.57. The van der Waals surface area contributed by atoms with Crippen molar-refractivity contribution in [2.45, 2.75) is 69.1 Å². The number of methoxy groups -OCH3 is 2. The Morgan fingerprint density at radius 3 is 2.85 bits per heavy atom. The van der Waals surface area contributed by atoms with E-state index in [2.05, 4.69) is 5.32 Å². The summed E-state index contributed by atoms with van der Waals surface area (Å²) in [6.45, 7) is 2.32. The summed E-state index contributed by atoms with van der Waals surface area (Å²) < 4.78 is 10.5. The molecule has 1 aliphatic heterocycles. The Morgan fingerprint density at radius 2 is 2.15 bits per heavy atom. The van der Waals surface area contributed by atoms with E-state index in [-0.39, 0.29) is 18.0 Å². The van der Waals surface area contributed by atoms with E-state index in [4.69, 9.17) is 26.8 Å². The van der Waals surface area contributed by atoms with Gasteiger partial charge in [-0.2, -0.15) is 0 Å². The lowest BCUT2D eigenvalue weighted by molar-refractivity contribution is -0.0563. The molecular formula is C26H42ClN3O4. The van der Waals surface area contributed by atoms with Crippen LogP contribution in [0.2, 0.25) is 5.02 Å². The van der Waals surface area contributed by atoms with Gasteiger partial charge in [-0.1, -0.05) is 23.7 Å². The first kappa shape index (κ1) is 27.2. The second-order valence-electron chi connectivity index (χ2n) is 10.0. The number of amides is 2. The Bertz CT molecular complexity index is 776. The molecule has 34 heavy (non-hydrogen) atoms. The summed E-state index contributed by atoms with van der Waals surface area (Å²) in [5, 5.41) is 15.6. The molecule has 2 amide bonds. The van der Waals surface area contributed by atoms with Gasteiger partial charge in [-0.25, -0.2) is 4.79 Å². The second-order valence-corrected chi connectivity index (χ2v) is 10.5. The predicted molar refractivity (Wildman–Crippen MR) is 135 cm³/mol. The maximum absolute atomic E-state index is 13.0. The molecule has 0 aromatic heterocycles. The van der Waals surface area contributed by atoms with Crippen molar-refractivity contribution in [2.75, 3.05) is 40.5 Å². The molecule has 2 fully saturated rings. The minimum atomic E-state index is -1.05. The van der Waals surface area contributed by atoms with Crippen LogP contribution in [-0.4, -0.2) is 68.6 Å². The number of carbonyl (C=O) groups excluding carboxylic acids is 1. The molecule has 7 nitrogen and oxygen atoms in total. The molecule has 1 aromatic carbocycles. The largest absolute Gasteiger partial charge is 0.385 e. The van der Waals surface area contributed by atoms with Crippen LogP contribution >= 0.6 is 11.6 Å². The normalized spacial score (nSPS) is 25.3. The first-order valence-electron chi connectivity index (χ1n) is 12.6. The zero-order chi connectivity index (χ0) is 24.6. The highest BCUT2D eigenvalue weighted by Crippen LogP contribution is 2.40. The topological polar surface area (TPSA) is 97.1 Å². The zero-order valence-electron chi connectivity index (χ0n) is 20.7. The highest BCUT2D eigenvalue weighted by molar-refractivity contribution is 6.30. The van der Waals surface area contributed by atoms with E-state index in [1.165, 1.54) is 0 Å². The number of carbonyl (C=O) groups is 1. The summed E-state index contributed by atoms with van der Waals surface area (Å²) >= 11 is 6.27. The number of aliphatic hydroxyl groups is 1. The number of piperidine rings is 1. The predicted octanol–water partition coefficient (Wildman–Crippen LogP) is 3.91. The van der Waals surface area contributed by atoms with Gasteiger partial charge in [-0.15, -0.1) is 0 Å². The van der Waals surface area contributed by atoms with Crippen LogP contribution < -0.4 is 11.1 Å². The van der Waals surface area contributed by atoms with E-state index >= 15 is 0 Å². The van der Waals surface area contributed by atoms with E-state index in [0.29, 0.717) is 49.7 Å². The van der Waals surface area contributed by atoms with Gasteiger partial charge in [-0.05, 0) is 75.0 Å². The maximum Gasteiger partial charge on any atom is 0.317 e. The molecular weight excluding hydrogens is 454 g/mol. The monoisotopic (exact) mass is 495 g/mol. The summed E-state index contributed by atoms with van der Waals surface area (Å²) in [6, 6.07) is 7.33. The van der Waals surface area contributed by atoms with Gasteiger partial charge in [0.15, 0.2) is 0 Å². The molecule has 8 heteroatoms. The van der Waals surface area contributed by atoms with Crippen molar-refractivity contribution in [3.8, 4) is 0 Å². The van der Waals surface area contributed by atoms with Crippen LogP contribution in [0.25, 0.3) is 0 Å². The lowest BCUT2D eigenvalue weighted by Gasteiger charge is -2.43. The number of ether oxygens (including phenoxy) is 2. The van der Waals surface area contributed by atoms with Crippen LogP contribution in [0.1, 0.15) is 56.9 Å². The van der Waals surface area contributed by atoms with E-state index in [0.717, 1.165) is 50.5 Å². The van der Waals surface area contributed by atoms with Gasteiger partial charge in [0, 0.05) is 57.4 Å². The number of nitrogens with zero attached hydrogens (tertiary/aromatic N) is 1. The fraction of sp³-hybridized carbons (Fsp3) is 0.731. The van der Waals surface area contributed by atoms with Crippen LogP contribution in [0, 0.1) is 11.8 Å². The number of benzene rings is 1. The molecule has 0 bridgehead atoms. The zero-order valence-corrected chi connectivity index (χ0v) is 21.4. The molecule has 4 N–H and O–H groups in total. The quantitative estimate of drug-likeness (QED) is 0.382. The molecule has 3 atom stereocenters. The first-order chi connectivity index (χ1) is 16.4. The Morgan fingerprint density at radius 1 is 1.35 bits per heavy atom. The van der Waals surface area contributed by atoms with Crippen LogP contribution in [0.4, 0.5) is 4.79 Å². The lowest BCUT2D eigenvalue weighted by atomic mass is 9.74. The van der Waals surface area contributed by atoms with Crippen LogP contribution in [-0.2, 0) is 15.1 Å². The summed E-state index contributed by atoms with van der Waals surface area (Å²) in [5.74, 6) is 0.518. The maximum atomic E-state index is 13.0. The summed E-state index contributed by atoms with van der Waals surface area (Å²) in [5.41, 5.74) is 6.05. The number of rotatable bonds is 12. The standard InChI is InChI=1S/C26H42ClN3O4/c1-33-12-4-3-10-26(32,20-7-5-9-22(27)16-20)21-8-6-11-30(18-21)25(31)29-17-23(28)13-19-14-24(15-19)34-2/h5,7,9,16,19,21,23-24,32H,3-4,6,8,10-15,17-18,28H2,1-2H3,(H,29,31)/t19?,21-,23+,24?,26-/m1/s1. The molecule has 1 aliphatic carbocycles. The van der Waals surface area contributed by atoms with Crippen molar-refractivity contribution in [3.63, 3.8) is 0 Å². The highest BCUT2D eigenvalue weighted by Gasteiger charge is 2.41. The van der Waals surface area contributed by atoms with E-state index in [1.807, 2.05) is 29.2 Å². The van der Waals surface area contributed by atoms with Crippen molar-refractivity contribution in [3.05, 3.63) is 34.9 Å². The van der Waals surface area contributed by atoms with Crippen molar-refractivity contribution >= 4 is 17.6 Å². The molecule has 0 radical (unpaired) electrons. The Hall–Kier alpha value is -1.38. The highest BCUT2D eigenvalue weighted by atomic mass is 35.5. The number of hydrogen-bond acceptors (Lipinski definition) is 5. The molecule has 3 rings (SSSR count). The fourth-order valence-electron chi connectivity index (χ4n) is 5.44. The van der Waals surface area contributed by atoms with Crippen molar-refractivity contribution in [1.29, 1.82) is 0 Å².